The molecule has 0 spiro atoms. The summed E-state index contributed by atoms with van der Waals surface area (Å²) in [7, 11) is 0. The molecule has 6 nitrogen and oxygen atoms in total. The van der Waals surface area contributed by atoms with Gasteiger partial charge in [-0.15, -0.1) is 10.2 Å². The van der Waals surface area contributed by atoms with Crippen molar-refractivity contribution in [2.45, 2.75) is 51.4 Å². The van der Waals surface area contributed by atoms with E-state index < -0.39 is 0 Å². The van der Waals surface area contributed by atoms with Crippen molar-refractivity contribution in [3.8, 4) is 11.6 Å². The van der Waals surface area contributed by atoms with Crippen molar-refractivity contribution in [3.05, 3.63) is 53.2 Å². The highest BCUT2D eigenvalue weighted by molar-refractivity contribution is 7.15. The summed E-state index contributed by atoms with van der Waals surface area (Å²) in [5, 5.41) is 17.5. The number of ether oxygens (including phenoxy) is 1. The van der Waals surface area contributed by atoms with Crippen LogP contribution >= 0.6 is 11.3 Å². The zero-order chi connectivity index (χ0) is 21.2. The molecule has 0 radical (unpaired) electrons. The van der Waals surface area contributed by atoms with Crippen molar-refractivity contribution >= 4 is 22.2 Å². The highest BCUT2D eigenvalue weighted by Gasteiger charge is 2.32. The van der Waals surface area contributed by atoms with Gasteiger partial charge in [0.1, 0.15) is 16.4 Å². The molecule has 4 rings (SSSR count). The number of piperidine rings is 1. The Hall–Kier alpha value is -2.51. The third-order valence-electron chi connectivity index (χ3n) is 5.56. The molecule has 1 aliphatic rings. The molecule has 0 atom stereocenters. The van der Waals surface area contributed by atoms with Crippen LogP contribution in [0.4, 0.5) is 10.8 Å². The van der Waals surface area contributed by atoms with E-state index in [2.05, 4.69) is 59.6 Å². The minimum atomic E-state index is -0.0304. The molecule has 3 heterocycles. The third kappa shape index (κ3) is 4.47. The number of nitrogens with zero attached hydrogens (tertiary/aromatic N) is 3. The van der Waals surface area contributed by atoms with Crippen LogP contribution in [0.5, 0.6) is 11.6 Å². The van der Waals surface area contributed by atoms with E-state index in [1.165, 1.54) is 0 Å². The molecule has 0 bridgehead atoms. The molecule has 0 aliphatic carbocycles. The van der Waals surface area contributed by atoms with E-state index in [0.717, 1.165) is 53.1 Å². The number of nitrogens with one attached hydrogen (secondary N) is 2. The maximum absolute atomic E-state index is 6.26. The van der Waals surface area contributed by atoms with Gasteiger partial charge in [0.05, 0.1) is 0 Å². The Morgan fingerprint density at radius 1 is 1.07 bits per heavy atom. The molecule has 0 unspecified atom stereocenters. The van der Waals surface area contributed by atoms with Crippen LogP contribution in [-0.2, 0) is 10.8 Å². The second-order valence-electron chi connectivity index (χ2n) is 9.05. The minimum Gasteiger partial charge on any atom is -0.437 e. The maximum atomic E-state index is 6.26. The van der Waals surface area contributed by atoms with E-state index in [-0.39, 0.29) is 10.8 Å². The van der Waals surface area contributed by atoms with Crippen molar-refractivity contribution in [1.29, 1.82) is 0 Å². The maximum Gasteiger partial charge on any atom is 0.243 e. The number of pyridine rings is 1. The fourth-order valence-corrected chi connectivity index (χ4v) is 4.63. The quantitative estimate of drug-likeness (QED) is 0.572. The lowest BCUT2D eigenvalue weighted by Gasteiger charge is -2.31. The van der Waals surface area contributed by atoms with Gasteiger partial charge in [-0.1, -0.05) is 57.2 Å². The van der Waals surface area contributed by atoms with Gasteiger partial charge in [-0.05, 0) is 49.5 Å². The zero-order valence-corrected chi connectivity index (χ0v) is 18.8. The van der Waals surface area contributed by atoms with Crippen molar-refractivity contribution in [1.82, 2.24) is 20.5 Å². The fourth-order valence-electron chi connectivity index (χ4n) is 3.67. The minimum absolute atomic E-state index is 0.0304. The molecule has 158 valence electrons. The Bertz CT molecular complexity index is 1000. The normalized spacial score (nSPS) is 16.3. The molecule has 0 saturated carbocycles. The molecule has 7 heteroatoms. The Morgan fingerprint density at radius 2 is 1.83 bits per heavy atom. The van der Waals surface area contributed by atoms with E-state index in [9.17, 15) is 0 Å². The molecule has 1 aromatic carbocycles. The van der Waals surface area contributed by atoms with E-state index in [1.54, 1.807) is 17.5 Å². The molecule has 0 amide bonds. The first-order valence-electron chi connectivity index (χ1n) is 10.4. The summed E-state index contributed by atoms with van der Waals surface area (Å²) < 4.78 is 6.26. The molecule has 2 aromatic heterocycles. The molecular formula is C23H29N5OS. The summed E-state index contributed by atoms with van der Waals surface area (Å²) >= 11 is 1.61. The molecule has 2 N–H and O–H groups in total. The number of aromatic nitrogens is 3. The monoisotopic (exact) mass is 423 g/mol. The van der Waals surface area contributed by atoms with E-state index in [4.69, 9.17) is 4.74 Å². The van der Waals surface area contributed by atoms with Crippen molar-refractivity contribution < 1.29 is 4.74 Å². The predicted molar refractivity (Wildman–Crippen MR) is 122 cm³/mol. The summed E-state index contributed by atoms with van der Waals surface area (Å²) in [5.74, 6) is 1.34. The Kier molecular flexibility index (Phi) is 5.75. The third-order valence-corrected chi connectivity index (χ3v) is 6.71. The van der Waals surface area contributed by atoms with E-state index in [1.807, 2.05) is 30.3 Å². The van der Waals surface area contributed by atoms with Gasteiger partial charge < -0.3 is 15.4 Å². The fraction of sp³-hybridized carbons (Fsp3) is 0.435. The van der Waals surface area contributed by atoms with Crippen LogP contribution in [0.1, 0.15) is 51.1 Å². The summed E-state index contributed by atoms with van der Waals surface area (Å²) in [6.45, 7) is 10.9. The van der Waals surface area contributed by atoms with Gasteiger partial charge in [-0.25, -0.2) is 4.98 Å². The average molecular weight is 424 g/mol. The lowest BCUT2D eigenvalue weighted by Crippen LogP contribution is -2.37. The lowest BCUT2D eigenvalue weighted by atomic mass is 9.82. The van der Waals surface area contributed by atoms with Gasteiger partial charge in [0.2, 0.25) is 11.0 Å². The highest BCUT2D eigenvalue weighted by atomic mass is 32.1. The van der Waals surface area contributed by atoms with Crippen LogP contribution in [0, 0.1) is 0 Å². The number of para-hydroxylation sites is 1. The Morgan fingerprint density at radius 3 is 2.60 bits per heavy atom. The highest BCUT2D eigenvalue weighted by Crippen LogP contribution is 2.39. The number of benzene rings is 1. The largest absolute Gasteiger partial charge is 0.437 e. The number of anilines is 2. The molecule has 1 aliphatic heterocycles. The first kappa shape index (κ1) is 20.8. The van der Waals surface area contributed by atoms with Gasteiger partial charge in [-0.2, -0.15) is 0 Å². The first-order valence-corrected chi connectivity index (χ1v) is 11.2. The average Bonchev–Trinajstić information content (AvgIpc) is 3.19. The predicted octanol–water partition coefficient (Wildman–Crippen LogP) is 5.41. The summed E-state index contributed by atoms with van der Waals surface area (Å²) in [6, 6.07) is 11.9. The SMILES string of the molecule is CC(C)(C)c1ccccc1Oc1ncccc1Nc1nnc(C2(C)CCNCC2)s1. The summed E-state index contributed by atoms with van der Waals surface area (Å²) in [5.41, 5.74) is 1.97. The van der Waals surface area contributed by atoms with Crippen molar-refractivity contribution in [2.24, 2.45) is 0 Å². The first-order chi connectivity index (χ1) is 14.4. The Balaban J connectivity index is 1.57. The van der Waals surface area contributed by atoms with Crippen LogP contribution in [0.2, 0.25) is 0 Å². The number of rotatable bonds is 5. The zero-order valence-electron chi connectivity index (χ0n) is 18.0. The van der Waals surface area contributed by atoms with Gasteiger partial charge in [0.25, 0.3) is 0 Å². The molecule has 1 fully saturated rings. The summed E-state index contributed by atoms with van der Waals surface area (Å²) in [6.07, 6.45) is 3.89. The van der Waals surface area contributed by atoms with Gasteiger partial charge in [0, 0.05) is 17.2 Å². The second kappa shape index (κ2) is 8.32. The number of hydrogen-bond donors (Lipinski definition) is 2. The van der Waals surface area contributed by atoms with Crippen LogP contribution < -0.4 is 15.4 Å². The molecular weight excluding hydrogens is 394 g/mol. The number of hydrogen-bond acceptors (Lipinski definition) is 7. The lowest BCUT2D eigenvalue weighted by molar-refractivity contribution is 0.332. The van der Waals surface area contributed by atoms with Crippen LogP contribution in [-0.4, -0.2) is 28.3 Å². The van der Waals surface area contributed by atoms with Gasteiger partial charge in [-0.3, -0.25) is 0 Å². The van der Waals surface area contributed by atoms with E-state index >= 15 is 0 Å². The Labute approximate surface area is 182 Å². The smallest absolute Gasteiger partial charge is 0.243 e. The molecule has 3 aromatic rings. The van der Waals surface area contributed by atoms with E-state index in [0.29, 0.717) is 5.88 Å². The van der Waals surface area contributed by atoms with Crippen LogP contribution in [0.3, 0.4) is 0 Å². The van der Waals surface area contributed by atoms with Gasteiger partial charge in [0.15, 0.2) is 0 Å². The molecule has 1 saturated heterocycles. The second-order valence-corrected chi connectivity index (χ2v) is 10.0. The summed E-state index contributed by atoms with van der Waals surface area (Å²) in [4.78, 5) is 4.47. The van der Waals surface area contributed by atoms with Crippen molar-refractivity contribution in [3.63, 3.8) is 0 Å². The standard InChI is InChI=1S/C23H29N5OS/c1-22(2,3)16-8-5-6-10-18(16)29-19-17(9-7-13-25-19)26-21-28-27-20(30-21)23(4)11-14-24-15-12-23/h5-10,13,24H,11-12,14-15H2,1-4H3,(H,26,28). The topological polar surface area (TPSA) is 72.0 Å². The molecule has 30 heavy (non-hydrogen) atoms. The van der Waals surface area contributed by atoms with Crippen LogP contribution in [0.15, 0.2) is 42.6 Å². The van der Waals surface area contributed by atoms with Gasteiger partial charge >= 0.3 is 0 Å². The van der Waals surface area contributed by atoms with Crippen molar-refractivity contribution in [2.75, 3.05) is 18.4 Å². The van der Waals surface area contributed by atoms with Crippen LogP contribution in [0.25, 0.3) is 0 Å².